The van der Waals surface area contributed by atoms with Crippen LogP contribution in [0, 0.1) is 11.3 Å². The van der Waals surface area contributed by atoms with Crippen molar-refractivity contribution in [1.29, 1.82) is 5.26 Å². The van der Waals surface area contributed by atoms with E-state index in [1.165, 1.54) is 0 Å². The Bertz CT molecular complexity index is 371. The molecule has 0 radical (unpaired) electrons. The van der Waals surface area contributed by atoms with Crippen LogP contribution in [0.2, 0.25) is 0 Å². The smallest absolute Gasteiger partial charge is 0.101 e. The van der Waals surface area contributed by atoms with Crippen LogP contribution in [-0.2, 0) is 0 Å². The molecule has 4 heteroatoms. The number of hydrogen-bond acceptors (Lipinski definition) is 3. The normalized spacial score (nSPS) is 11.9. The van der Waals surface area contributed by atoms with Crippen LogP contribution in [0.1, 0.15) is 18.9 Å². The summed E-state index contributed by atoms with van der Waals surface area (Å²) in [5.74, 6) is 0. The molecular weight excluding hydrogens is 256 g/mol. The number of aliphatic hydroxyl groups is 1. The van der Waals surface area contributed by atoms with Crippen molar-refractivity contribution in [3.05, 3.63) is 28.2 Å². The Kier molecular flexibility index (Phi) is 4.60. The van der Waals surface area contributed by atoms with Gasteiger partial charge in [-0.25, -0.2) is 0 Å². The topological polar surface area (TPSA) is 56.0 Å². The number of aliphatic hydroxyl groups excluding tert-OH is 1. The third kappa shape index (κ3) is 3.90. The average Bonchev–Trinajstić information content (AvgIpc) is 2.17. The minimum Gasteiger partial charge on any atom is -0.393 e. The predicted molar refractivity (Wildman–Crippen MR) is 63.6 cm³/mol. The Hall–Kier alpha value is -1.05. The van der Waals surface area contributed by atoms with Crippen molar-refractivity contribution in [3.63, 3.8) is 0 Å². The summed E-state index contributed by atoms with van der Waals surface area (Å²) in [6.07, 6.45) is 0.340. The summed E-state index contributed by atoms with van der Waals surface area (Å²) in [6, 6.07) is 7.57. The van der Waals surface area contributed by atoms with Gasteiger partial charge in [-0.3, -0.25) is 0 Å². The van der Waals surface area contributed by atoms with Gasteiger partial charge in [0.15, 0.2) is 0 Å². The summed E-state index contributed by atoms with van der Waals surface area (Å²) >= 11 is 3.35. The maximum atomic E-state index is 9.10. The molecule has 0 saturated carbocycles. The zero-order valence-electron chi connectivity index (χ0n) is 8.50. The molecule has 1 atom stereocenters. The van der Waals surface area contributed by atoms with Crippen LogP contribution < -0.4 is 5.32 Å². The summed E-state index contributed by atoms with van der Waals surface area (Å²) in [5.41, 5.74) is 1.41. The van der Waals surface area contributed by atoms with E-state index in [1.54, 1.807) is 13.0 Å². The van der Waals surface area contributed by atoms with Crippen molar-refractivity contribution in [3.8, 4) is 6.07 Å². The van der Waals surface area contributed by atoms with Crippen molar-refractivity contribution >= 4 is 21.6 Å². The predicted octanol–water partition coefficient (Wildman–Crippen LogP) is 2.50. The van der Waals surface area contributed by atoms with Gasteiger partial charge in [-0.1, -0.05) is 15.9 Å². The molecule has 0 aromatic heterocycles. The Balaban J connectivity index is 2.67. The molecule has 0 spiro atoms. The first-order chi connectivity index (χ1) is 7.13. The summed E-state index contributed by atoms with van der Waals surface area (Å²) in [4.78, 5) is 0. The third-order valence-corrected chi connectivity index (χ3v) is 2.47. The van der Waals surface area contributed by atoms with Gasteiger partial charge in [0.1, 0.15) is 6.07 Å². The van der Waals surface area contributed by atoms with E-state index >= 15 is 0 Å². The van der Waals surface area contributed by atoms with Gasteiger partial charge in [0.2, 0.25) is 0 Å². The number of rotatable bonds is 4. The summed E-state index contributed by atoms with van der Waals surface area (Å²) in [6.45, 7) is 2.40. The quantitative estimate of drug-likeness (QED) is 0.883. The largest absolute Gasteiger partial charge is 0.393 e. The van der Waals surface area contributed by atoms with E-state index in [9.17, 15) is 0 Å². The second-order valence-corrected chi connectivity index (χ2v) is 4.28. The standard InChI is InChI=1S/C11H13BrN2O/c1-8(15)4-5-14-11-6-10(12)3-2-9(11)7-13/h2-3,6,8,14-15H,4-5H2,1H3. The molecule has 0 aliphatic rings. The number of anilines is 1. The SMILES string of the molecule is CC(O)CCNc1cc(Br)ccc1C#N. The molecule has 0 amide bonds. The lowest BCUT2D eigenvalue weighted by molar-refractivity contribution is 0.189. The van der Waals surface area contributed by atoms with E-state index in [4.69, 9.17) is 10.4 Å². The monoisotopic (exact) mass is 268 g/mol. The fraction of sp³-hybridized carbons (Fsp3) is 0.364. The lowest BCUT2D eigenvalue weighted by Crippen LogP contribution is -2.10. The first-order valence-electron chi connectivity index (χ1n) is 4.75. The maximum Gasteiger partial charge on any atom is 0.101 e. The summed E-state index contributed by atoms with van der Waals surface area (Å²) in [7, 11) is 0. The lowest BCUT2D eigenvalue weighted by Gasteiger charge is -2.09. The van der Waals surface area contributed by atoms with Crippen LogP contribution in [-0.4, -0.2) is 17.8 Å². The highest BCUT2D eigenvalue weighted by Crippen LogP contribution is 2.20. The highest BCUT2D eigenvalue weighted by Gasteiger charge is 2.02. The van der Waals surface area contributed by atoms with Crippen LogP contribution in [0.15, 0.2) is 22.7 Å². The van der Waals surface area contributed by atoms with Crippen LogP contribution >= 0.6 is 15.9 Å². The fourth-order valence-electron chi connectivity index (χ4n) is 1.18. The molecule has 0 fully saturated rings. The van der Waals surface area contributed by atoms with Crippen LogP contribution in [0.25, 0.3) is 0 Å². The molecule has 0 aliphatic carbocycles. The molecule has 15 heavy (non-hydrogen) atoms. The molecule has 0 saturated heterocycles. The number of hydrogen-bond donors (Lipinski definition) is 2. The molecule has 3 nitrogen and oxygen atoms in total. The molecule has 1 rings (SSSR count). The number of nitriles is 1. The van der Waals surface area contributed by atoms with Crippen LogP contribution in [0.5, 0.6) is 0 Å². The molecule has 1 aromatic carbocycles. The second-order valence-electron chi connectivity index (χ2n) is 3.37. The maximum absolute atomic E-state index is 9.10. The molecule has 0 aliphatic heterocycles. The highest BCUT2D eigenvalue weighted by molar-refractivity contribution is 9.10. The molecule has 1 unspecified atom stereocenters. The molecule has 2 N–H and O–H groups in total. The molecule has 1 aromatic rings. The Labute approximate surface area is 97.9 Å². The lowest BCUT2D eigenvalue weighted by atomic mass is 10.2. The number of nitrogens with one attached hydrogen (secondary N) is 1. The Morgan fingerprint density at radius 1 is 1.60 bits per heavy atom. The zero-order chi connectivity index (χ0) is 11.3. The van der Waals surface area contributed by atoms with E-state index in [-0.39, 0.29) is 6.10 Å². The average molecular weight is 269 g/mol. The van der Waals surface area contributed by atoms with Crippen LogP contribution in [0.4, 0.5) is 5.69 Å². The second kappa shape index (κ2) is 5.74. The van der Waals surface area contributed by atoms with Gasteiger partial charge in [-0.05, 0) is 31.5 Å². The van der Waals surface area contributed by atoms with Crippen LogP contribution in [0.3, 0.4) is 0 Å². The van der Waals surface area contributed by atoms with Crippen molar-refractivity contribution < 1.29 is 5.11 Å². The van der Waals surface area contributed by atoms with E-state index in [1.807, 2.05) is 12.1 Å². The molecule has 80 valence electrons. The van der Waals surface area contributed by atoms with E-state index < -0.39 is 0 Å². The zero-order valence-corrected chi connectivity index (χ0v) is 10.1. The fourth-order valence-corrected chi connectivity index (χ4v) is 1.54. The van der Waals surface area contributed by atoms with Gasteiger partial charge in [-0.15, -0.1) is 0 Å². The molecular formula is C11H13BrN2O. The number of halogens is 1. The van der Waals surface area contributed by atoms with Crippen molar-refractivity contribution in [2.75, 3.05) is 11.9 Å². The molecule has 0 bridgehead atoms. The Morgan fingerprint density at radius 3 is 2.93 bits per heavy atom. The molecule has 0 heterocycles. The summed E-state index contributed by atoms with van der Waals surface area (Å²) in [5, 5.41) is 21.1. The third-order valence-electron chi connectivity index (χ3n) is 1.98. The minimum atomic E-state index is -0.324. The van der Waals surface area contributed by atoms with Gasteiger partial charge in [0.25, 0.3) is 0 Å². The Morgan fingerprint density at radius 2 is 2.33 bits per heavy atom. The van der Waals surface area contributed by atoms with Crippen molar-refractivity contribution in [2.45, 2.75) is 19.4 Å². The minimum absolute atomic E-state index is 0.324. The summed E-state index contributed by atoms with van der Waals surface area (Å²) < 4.78 is 0.932. The van der Waals surface area contributed by atoms with Gasteiger partial charge < -0.3 is 10.4 Å². The van der Waals surface area contributed by atoms with Gasteiger partial charge >= 0.3 is 0 Å². The van der Waals surface area contributed by atoms with E-state index in [0.717, 1.165) is 10.2 Å². The van der Waals surface area contributed by atoms with E-state index in [0.29, 0.717) is 18.5 Å². The first-order valence-corrected chi connectivity index (χ1v) is 5.54. The van der Waals surface area contributed by atoms with Crippen molar-refractivity contribution in [1.82, 2.24) is 0 Å². The number of nitrogens with zero attached hydrogens (tertiary/aromatic N) is 1. The van der Waals surface area contributed by atoms with Crippen molar-refractivity contribution in [2.24, 2.45) is 0 Å². The number of benzene rings is 1. The van der Waals surface area contributed by atoms with Gasteiger partial charge in [0.05, 0.1) is 17.4 Å². The first kappa shape index (κ1) is 12.0. The highest BCUT2D eigenvalue weighted by atomic mass is 79.9. The van der Waals surface area contributed by atoms with Gasteiger partial charge in [-0.2, -0.15) is 5.26 Å². The van der Waals surface area contributed by atoms with E-state index in [2.05, 4.69) is 27.3 Å². The van der Waals surface area contributed by atoms with Gasteiger partial charge in [0, 0.05) is 11.0 Å².